The number of fused-ring (bicyclic) bond motifs is 1. The second kappa shape index (κ2) is 8.22. The second-order valence-electron chi connectivity index (χ2n) is 5.89. The van der Waals surface area contributed by atoms with Gasteiger partial charge in [0.1, 0.15) is 17.3 Å². The summed E-state index contributed by atoms with van der Waals surface area (Å²) in [7, 11) is 0. The van der Waals surface area contributed by atoms with Crippen LogP contribution >= 0.6 is 27.3 Å². The van der Waals surface area contributed by atoms with E-state index in [0.717, 1.165) is 16.6 Å². The Morgan fingerprint density at radius 1 is 1.30 bits per heavy atom. The number of aromatic nitrogens is 4. The van der Waals surface area contributed by atoms with Crippen LogP contribution in [0.2, 0.25) is 0 Å². The summed E-state index contributed by atoms with van der Waals surface area (Å²) in [5.41, 5.74) is -0.326. The molecule has 0 radical (unpaired) electrons. The van der Waals surface area contributed by atoms with E-state index in [1.807, 2.05) is 13.8 Å². The topological polar surface area (TPSA) is 99.0 Å². The zero-order valence-corrected chi connectivity index (χ0v) is 17.4. The molecular formula is C17H19BrN4O4S. The monoisotopic (exact) mass is 454 g/mol. The molecule has 8 nitrogen and oxygen atoms in total. The molecule has 3 heterocycles. The van der Waals surface area contributed by atoms with Crippen LogP contribution < -0.4 is 11.2 Å². The summed E-state index contributed by atoms with van der Waals surface area (Å²) >= 11 is 4.59. The number of unbranched alkanes of at least 4 members (excludes halogenated alkanes) is 1. The van der Waals surface area contributed by atoms with E-state index >= 15 is 0 Å². The molecule has 0 saturated carbocycles. The molecule has 27 heavy (non-hydrogen) atoms. The van der Waals surface area contributed by atoms with Crippen LogP contribution in [0.1, 0.15) is 42.2 Å². The van der Waals surface area contributed by atoms with Crippen LogP contribution in [0.4, 0.5) is 0 Å². The molecule has 0 atom stereocenters. The Balaban J connectivity index is 1.98. The van der Waals surface area contributed by atoms with Gasteiger partial charge < -0.3 is 9.30 Å². The number of nitrogens with zero attached hydrogens (tertiary/aromatic N) is 3. The number of aryl methyl sites for hydroxylation is 2. The van der Waals surface area contributed by atoms with E-state index < -0.39 is 17.2 Å². The zero-order valence-electron chi connectivity index (χ0n) is 15.0. The van der Waals surface area contributed by atoms with Crippen LogP contribution in [0, 0.1) is 0 Å². The van der Waals surface area contributed by atoms with Gasteiger partial charge in [-0.25, -0.2) is 14.6 Å². The Kier molecular flexibility index (Phi) is 5.95. The van der Waals surface area contributed by atoms with Gasteiger partial charge in [-0.1, -0.05) is 13.3 Å². The van der Waals surface area contributed by atoms with E-state index in [2.05, 4.69) is 25.9 Å². The number of hydrogen-bond donors (Lipinski definition) is 1. The van der Waals surface area contributed by atoms with E-state index in [-0.39, 0.29) is 6.61 Å². The van der Waals surface area contributed by atoms with Gasteiger partial charge in [-0.15, -0.1) is 11.3 Å². The summed E-state index contributed by atoms with van der Waals surface area (Å²) in [5.74, 6) is -0.0319. The average molecular weight is 455 g/mol. The summed E-state index contributed by atoms with van der Waals surface area (Å²) in [5, 5.41) is 0. The van der Waals surface area contributed by atoms with Crippen molar-refractivity contribution < 1.29 is 9.53 Å². The van der Waals surface area contributed by atoms with Crippen molar-refractivity contribution in [3.8, 4) is 0 Å². The lowest BCUT2D eigenvalue weighted by Gasteiger charge is -2.06. The van der Waals surface area contributed by atoms with Crippen LogP contribution in [0.5, 0.6) is 0 Å². The first kappa shape index (κ1) is 19.6. The largest absolute Gasteiger partial charge is 0.453 e. The predicted molar refractivity (Wildman–Crippen MR) is 106 cm³/mol. The van der Waals surface area contributed by atoms with E-state index in [1.54, 1.807) is 16.7 Å². The Morgan fingerprint density at radius 3 is 2.70 bits per heavy atom. The molecule has 0 spiro atoms. The van der Waals surface area contributed by atoms with Gasteiger partial charge in [0.2, 0.25) is 0 Å². The van der Waals surface area contributed by atoms with Crippen molar-refractivity contribution in [3.63, 3.8) is 0 Å². The highest BCUT2D eigenvalue weighted by atomic mass is 79.9. The summed E-state index contributed by atoms with van der Waals surface area (Å²) in [6.07, 6.45) is 1.69. The first-order chi connectivity index (χ1) is 13.0. The maximum Gasteiger partial charge on any atom is 0.348 e. The van der Waals surface area contributed by atoms with Gasteiger partial charge in [-0.2, -0.15) is 0 Å². The molecule has 0 saturated heterocycles. The second-order valence-corrected chi connectivity index (χ2v) is 8.35. The minimum atomic E-state index is -0.489. The number of carbonyl (C=O) groups excluding carboxylic acids is 1. The van der Waals surface area contributed by atoms with Gasteiger partial charge in [0.15, 0.2) is 11.2 Å². The van der Waals surface area contributed by atoms with Crippen LogP contribution in [0.3, 0.4) is 0 Å². The molecule has 0 bridgehead atoms. The molecule has 144 valence electrons. The molecule has 10 heteroatoms. The molecule has 0 aliphatic heterocycles. The Morgan fingerprint density at radius 2 is 2.07 bits per heavy atom. The highest BCUT2D eigenvalue weighted by molar-refractivity contribution is 9.11. The third kappa shape index (κ3) is 3.91. The summed E-state index contributed by atoms with van der Waals surface area (Å²) in [6.45, 7) is 4.73. The number of rotatable bonds is 7. The predicted octanol–water partition coefficient (Wildman–Crippen LogP) is 2.89. The van der Waals surface area contributed by atoms with Crippen molar-refractivity contribution in [2.75, 3.05) is 0 Å². The molecule has 0 amide bonds. The van der Waals surface area contributed by atoms with Crippen LogP contribution in [-0.4, -0.2) is 25.1 Å². The fraction of sp³-hybridized carbons (Fsp3) is 0.412. The SMILES string of the molecule is CCCCn1c(=O)[nH]c(=O)c2c1nc(COC(=O)c1ccc(Br)s1)n2CC. The van der Waals surface area contributed by atoms with Gasteiger partial charge in [0.05, 0.1) is 3.79 Å². The summed E-state index contributed by atoms with van der Waals surface area (Å²) in [4.78, 5) is 44.0. The Labute approximate surface area is 166 Å². The van der Waals surface area contributed by atoms with E-state index in [0.29, 0.717) is 35.0 Å². The van der Waals surface area contributed by atoms with Crippen molar-refractivity contribution >= 4 is 44.4 Å². The zero-order chi connectivity index (χ0) is 19.6. The number of hydrogen-bond acceptors (Lipinski definition) is 6. The lowest BCUT2D eigenvalue weighted by atomic mass is 10.3. The molecule has 3 rings (SSSR count). The number of halogens is 1. The first-order valence-corrected chi connectivity index (χ1v) is 10.2. The number of nitrogens with one attached hydrogen (secondary N) is 1. The molecule has 0 aromatic carbocycles. The highest BCUT2D eigenvalue weighted by Gasteiger charge is 2.19. The molecule has 0 aliphatic rings. The minimum absolute atomic E-state index is 0.0850. The van der Waals surface area contributed by atoms with E-state index in [4.69, 9.17) is 4.74 Å². The molecule has 0 aliphatic carbocycles. The quantitative estimate of drug-likeness (QED) is 0.553. The number of carbonyl (C=O) groups is 1. The normalized spacial score (nSPS) is 11.2. The van der Waals surface area contributed by atoms with Gasteiger partial charge >= 0.3 is 11.7 Å². The fourth-order valence-corrected chi connectivity index (χ4v) is 4.10. The van der Waals surface area contributed by atoms with Crippen molar-refractivity contribution in [2.45, 2.75) is 46.4 Å². The van der Waals surface area contributed by atoms with E-state index in [1.165, 1.54) is 15.9 Å². The third-order valence-electron chi connectivity index (χ3n) is 4.12. The van der Waals surface area contributed by atoms with Crippen LogP contribution in [-0.2, 0) is 24.4 Å². The van der Waals surface area contributed by atoms with Crippen LogP contribution in [0.15, 0.2) is 25.5 Å². The Bertz CT molecular complexity index is 1090. The maximum atomic E-state index is 12.3. The van der Waals surface area contributed by atoms with Gasteiger partial charge in [-0.05, 0) is 41.4 Å². The third-order valence-corrected chi connectivity index (χ3v) is 5.73. The highest BCUT2D eigenvalue weighted by Crippen LogP contribution is 2.23. The number of esters is 1. The van der Waals surface area contributed by atoms with Crippen molar-refractivity contribution in [1.29, 1.82) is 0 Å². The number of ether oxygens (including phenoxy) is 1. The van der Waals surface area contributed by atoms with Crippen LogP contribution in [0.25, 0.3) is 11.2 Å². The van der Waals surface area contributed by atoms with Gasteiger partial charge in [0, 0.05) is 13.1 Å². The maximum absolute atomic E-state index is 12.3. The molecule has 3 aromatic heterocycles. The van der Waals surface area contributed by atoms with Gasteiger partial charge in [0.25, 0.3) is 5.56 Å². The fourth-order valence-electron chi connectivity index (χ4n) is 2.82. The molecule has 3 aromatic rings. The average Bonchev–Trinajstić information content (AvgIpc) is 3.23. The molecule has 0 unspecified atom stereocenters. The lowest BCUT2D eigenvalue weighted by Crippen LogP contribution is -2.31. The van der Waals surface area contributed by atoms with Crippen molar-refractivity contribution in [3.05, 3.63) is 47.5 Å². The number of thiophene rings is 1. The Hall–Kier alpha value is -2.20. The summed E-state index contributed by atoms with van der Waals surface area (Å²) < 4.78 is 9.33. The smallest absolute Gasteiger partial charge is 0.348 e. The minimum Gasteiger partial charge on any atom is -0.453 e. The number of H-pyrrole nitrogens is 1. The number of imidazole rings is 1. The number of aromatic amines is 1. The van der Waals surface area contributed by atoms with E-state index in [9.17, 15) is 14.4 Å². The lowest BCUT2D eigenvalue weighted by molar-refractivity contribution is 0.0464. The molecule has 1 N–H and O–H groups in total. The van der Waals surface area contributed by atoms with Crippen molar-refractivity contribution in [2.24, 2.45) is 0 Å². The van der Waals surface area contributed by atoms with Crippen molar-refractivity contribution in [1.82, 2.24) is 19.1 Å². The standard InChI is InChI=1S/C17H19BrN4O4S/c1-3-5-8-22-14-13(15(23)20-17(22)25)21(4-2)12(19-14)9-26-16(24)10-6-7-11(18)27-10/h6-7H,3-5,8-9H2,1-2H3,(H,20,23,25). The molecule has 0 fully saturated rings. The first-order valence-electron chi connectivity index (χ1n) is 8.60. The molecular weight excluding hydrogens is 436 g/mol. The summed E-state index contributed by atoms with van der Waals surface area (Å²) in [6, 6.07) is 3.45. The van der Waals surface area contributed by atoms with Gasteiger partial charge in [-0.3, -0.25) is 14.3 Å².